The summed E-state index contributed by atoms with van der Waals surface area (Å²) in [4.78, 5) is 27.7. The molecule has 0 aliphatic rings. The molecule has 0 aliphatic heterocycles. The lowest BCUT2D eigenvalue weighted by Gasteiger charge is -2.31. The lowest BCUT2D eigenvalue weighted by molar-refractivity contribution is -0.141. The molecule has 0 saturated carbocycles. The van der Waals surface area contributed by atoms with Gasteiger partial charge in [-0.2, -0.15) is 0 Å². The topological polar surface area (TPSA) is 96.0 Å². The highest BCUT2D eigenvalue weighted by atomic mass is 32.2. The predicted octanol–water partition coefficient (Wildman–Crippen LogP) is 3.71. The summed E-state index contributed by atoms with van der Waals surface area (Å²) in [6, 6.07) is 11.9. The average molecular weight is 522 g/mol. The molecule has 198 valence electrons. The van der Waals surface area contributed by atoms with Crippen molar-refractivity contribution in [2.24, 2.45) is 0 Å². The van der Waals surface area contributed by atoms with E-state index in [1.807, 2.05) is 13.8 Å². The van der Waals surface area contributed by atoms with E-state index in [9.17, 15) is 22.4 Å². The van der Waals surface area contributed by atoms with E-state index in [0.717, 1.165) is 12.7 Å². The Labute approximate surface area is 213 Å². The number of carbonyl (C=O) groups is 2. The number of rotatable bonds is 14. The van der Waals surface area contributed by atoms with Crippen LogP contribution in [0.2, 0.25) is 0 Å². The Morgan fingerprint density at radius 3 is 2.33 bits per heavy atom. The zero-order chi connectivity index (χ0) is 26.7. The Bertz CT molecular complexity index is 1110. The molecule has 2 aromatic rings. The molecule has 0 radical (unpaired) electrons. The maximum absolute atomic E-state index is 13.4. The summed E-state index contributed by atoms with van der Waals surface area (Å²) in [6.45, 7) is 4.47. The van der Waals surface area contributed by atoms with Crippen LogP contribution >= 0.6 is 0 Å². The highest BCUT2D eigenvalue weighted by molar-refractivity contribution is 7.92. The number of nitrogens with zero attached hydrogens (tertiary/aromatic N) is 2. The molecule has 10 heteroatoms. The van der Waals surface area contributed by atoms with Gasteiger partial charge in [0.2, 0.25) is 21.8 Å². The van der Waals surface area contributed by atoms with E-state index in [1.54, 1.807) is 36.4 Å². The molecular formula is C26H36FN3O5S. The first-order chi connectivity index (χ1) is 17.1. The second-order valence-electron chi connectivity index (χ2n) is 8.47. The zero-order valence-electron chi connectivity index (χ0n) is 21.4. The van der Waals surface area contributed by atoms with Crippen molar-refractivity contribution in [2.45, 2.75) is 52.1 Å². The minimum absolute atomic E-state index is 0.0277. The van der Waals surface area contributed by atoms with Gasteiger partial charge in [0.25, 0.3) is 0 Å². The van der Waals surface area contributed by atoms with E-state index in [4.69, 9.17) is 4.74 Å². The Hall–Kier alpha value is -3.14. The summed E-state index contributed by atoms with van der Waals surface area (Å²) in [5.74, 6) is -0.514. The van der Waals surface area contributed by atoms with Crippen LogP contribution in [-0.4, -0.2) is 57.6 Å². The molecule has 36 heavy (non-hydrogen) atoms. The molecule has 2 amide bonds. The first-order valence-corrected chi connectivity index (χ1v) is 13.9. The van der Waals surface area contributed by atoms with E-state index >= 15 is 0 Å². The molecule has 8 nitrogen and oxygen atoms in total. The molecule has 1 N–H and O–H groups in total. The van der Waals surface area contributed by atoms with Gasteiger partial charge in [-0.1, -0.05) is 38.1 Å². The van der Waals surface area contributed by atoms with Crippen LogP contribution in [-0.2, 0) is 26.2 Å². The van der Waals surface area contributed by atoms with Crippen molar-refractivity contribution in [3.05, 3.63) is 59.9 Å². The maximum Gasteiger partial charge on any atom is 0.242 e. The number of anilines is 1. The molecule has 0 unspecified atom stereocenters. The van der Waals surface area contributed by atoms with Crippen molar-refractivity contribution >= 4 is 27.5 Å². The molecule has 1 atom stereocenters. The SMILES string of the molecule is CCCNC(=O)[C@@H](CC)N(Cc1ccc(F)cc1)C(=O)CCCN(c1ccccc1OC)S(C)(=O)=O. The summed E-state index contributed by atoms with van der Waals surface area (Å²) in [7, 11) is -2.17. The van der Waals surface area contributed by atoms with Crippen LogP contribution in [0.25, 0.3) is 0 Å². The number of nitrogens with one attached hydrogen (secondary N) is 1. The standard InChI is InChI=1S/C26H36FN3O5S/c1-5-17-28-26(32)22(6-2)29(19-20-13-15-21(27)16-14-20)25(31)12-9-18-30(36(4,33)34)23-10-7-8-11-24(23)35-3/h7-8,10-11,13-16,22H,5-6,9,12,17-19H2,1-4H3,(H,28,32)/t22-/m1/s1. The minimum Gasteiger partial charge on any atom is -0.495 e. The van der Waals surface area contributed by atoms with Gasteiger partial charge >= 0.3 is 0 Å². The third kappa shape index (κ3) is 8.22. The monoisotopic (exact) mass is 521 g/mol. The van der Waals surface area contributed by atoms with E-state index < -0.39 is 16.1 Å². The number of carbonyl (C=O) groups excluding carboxylic acids is 2. The van der Waals surface area contributed by atoms with E-state index in [1.165, 1.54) is 28.4 Å². The van der Waals surface area contributed by atoms with Crippen molar-refractivity contribution in [2.75, 3.05) is 30.8 Å². The van der Waals surface area contributed by atoms with E-state index in [0.29, 0.717) is 30.0 Å². The Morgan fingerprint density at radius 1 is 1.08 bits per heavy atom. The molecule has 0 bridgehead atoms. The fourth-order valence-corrected chi connectivity index (χ4v) is 4.86. The first-order valence-electron chi connectivity index (χ1n) is 12.0. The van der Waals surface area contributed by atoms with Crippen molar-refractivity contribution in [1.29, 1.82) is 0 Å². The van der Waals surface area contributed by atoms with Crippen LogP contribution in [0, 0.1) is 5.82 Å². The number of methoxy groups -OCH3 is 1. The van der Waals surface area contributed by atoms with Crippen molar-refractivity contribution in [3.8, 4) is 5.75 Å². The molecular weight excluding hydrogens is 485 g/mol. The zero-order valence-corrected chi connectivity index (χ0v) is 22.2. The lowest BCUT2D eigenvalue weighted by Crippen LogP contribution is -2.49. The normalized spacial score (nSPS) is 12.0. The first kappa shape index (κ1) is 29.1. The van der Waals surface area contributed by atoms with Gasteiger partial charge in [0, 0.05) is 26.1 Å². The van der Waals surface area contributed by atoms with Crippen molar-refractivity contribution < 1.29 is 27.1 Å². The Morgan fingerprint density at radius 2 is 1.75 bits per heavy atom. The maximum atomic E-state index is 13.4. The number of sulfonamides is 1. The summed E-state index contributed by atoms with van der Waals surface area (Å²) >= 11 is 0. The fraction of sp³-hybridized carbons (Fsp3) is 0.462. The second-order valence-corrected chi connectivity index (χ2v) is 10.4. The number of hydrogen-bond acceptors (Lipinski definition) is 5. The van der Waals surface area contributed by atoms with Gasteiger partial charge in [-0.05, 0) is 49.1 Å². The van der Waals surface area contributed by atoms with Gasteiger partial charge < -0.3 is 15.0 Å². The fourth-order valence-electron chi connectivity index (χ4n) is 3.89. The largest absolute Gasteiger partial charge is 0.495 e. The smallest absolute Gasteiger partial charge is 0.242 e. The van der Waals surface area contributed by atoms with Crippen LogP contribution < -0.4 is 14.4 Å². The van der Waals surface area contributed by atoms with Gasteiger partial charge in [0.05, 0.1) is 19.1 Å². The molecule has 0 heterocycles. The molecule has 0 aromatic heterocycles. The quantitative estimate of drug-likeness (QED) is 0.409. The number of benzene rings is 2. The molecule has 2 rings (SSSR count). The van der Waals surface area contributed by atoms with E-state index in [2.05, 4.69) is 5.32 Å². The molecule has 0 saturated heterocycles. The summed E-state index contributed by atoms with van der Waals surface area (Å²) in [6.07, 6.45) is 2.53. The van der Waals surface area contributed by atoms with Crippen molar-refractivity contribution in [3.63, 3.8) is 0 Å². The van der Waals surface area contributed by atoms with Crippen molar-refractivity contribution in [1.82, 2.24) is 10.2 Å². The number of halogens is 1. The number of para-hydroxylation sites is 2. The van der Waals surface area contributed by atoms with Crippen LogP contribution in [0.1, 0.15) is 45.1 Å². The lowest BCUT2D eigenvalue weighted by atomic mass is 10.1. The summed E-state index contributed by atoms with van der Waals surface area (Å²) in [5.41, 5.74) is 1.08. The Balaban J connectivity index is 2.22. The van der Waals surface area contributed by atoms with Gasteiger partial charge in [0.1, 0.15) is 17.6 Å². The van der Waals surface area contributed by atoms with Crippen LogP contribution in [0.3, 0.4) is 0 Å². The molecule has 0 fully saturated rings. The van der Waals surface area contributed by atoms with Gasteiger partial charge in [-0.15, -0.1) is 0 Å². The van der Waals surface area contributed by atoms with Gasteiger partial charge in [0.15, 0.2) is 0 Å². The van der Waals surface area contributed by atoms with Crippen LogP contribution in [0.4, 0.5) is 10.1 Å². The predicted molar refractivity (Wildman–Crippen MR) is 139 cm³/mol. The summed E-state index contributed by atoms with van der Waals surface area (Å²) in [5, 5.41) is 2.85. The third-order valence-corrected chi connectivity index (χ3v) is 6.89. The van der Waals surface area contributed by atoms with Crippen LogP contribution in [0.15, 0.2) is 48.5 Å². The number of hydrogen-bond donors (Lipinski definition) is 1. The van der Waals surface area contributed by atoms with Gasteiger partial charge in [-0.25, -0.2) is 12.8 Å². The van der Waals surface area contributed by atoms with E-state index in [-0.39, 0.29) is 43.6 Å². The highest BCUT2D eigenvalue weighted by Crippen LogP contribution is 2.29. The number of ether oxygens (including phenoxy) is 1. The second kappa shape index (κ2) is 13.8. The Kier molecular flexibility index (Phi) is 11.2. The highest BCUT2D eigenvalue weighted by Gasteiger charge is 2.29. The third-order valence-electron chi connectivity index (χ3n) is 5.71. The molecule has 0 aliphatic carbocycles. The van der Waals surface area contributed by atoms with Crippen LogP contribution in [0.5, 0.6) is 5.75 Å². The average Bonchev–Trinajstić information content (AvgIpc) is 2.85. The molecule has 2 aromatic carbocycles. The minimum atomic E-state index is -3.64. The molecule has 0 spiro atoms. The summed E-state index contributed by atoms with van der Waals surface area (Å²) < 4.78 is 45.0. The number of amides is 2. The van der Waals surface area contributed by atoms with Gasteiger partial charge in [-0.3, -0.25) is 13.9 Å².